The third kappa shape index (κ3) is 5.07. The van der Waals surface area contributed by atoms with Crippen LogP contribution in [0.5, 0.6) is 5.75 Å². The van der Waals surface area contributed by atoms with E-state index in [1.165, 1.54) is 10.7 Å². The molecule has 32 heavy (non-hydrogen) atoms. The Balaban J connectivity index is 1.36. The van der Waals surface area contributed by atoms with E-state index in [0.29, 0.717) is 17.4 Å². The molecule has 1 aliphatic rings. The molecule has 2 aromatic carbocycles. The van der Waals surface area contributed by atoms with Crippen LogP contribution < -0.4 is 15.2 Å². The topological polar surface area (TPSA) is 63.5 Å². The lowest BCUT2D eigenvalue weighted by atomic mass is 10.1. The van der Waals surface area contributed by atoms with Crippen molar-refractivity contribution >= 4 is 16.6 Å². The molecule has 2 heterocycles. The van der Waals surface area contributed by atoms with Crippen LogP contribution in [0.15, 0.2) is 47.3 Å². The van der Waals surface area contributed by atoms with Crippen molar-refractivity contribution in [3.63, 3.8) is 0 Å². The zero-order valence-electron chi connectivity index (χ0n) is 18.9. The standard InChI is InChI=1S/C24H30FN5O2/c1-17(2)32-23-9-8-19(25)14-22(23)29-12-10-28(11-13-29)15-18(3)16-30-24(31)20-6-4-5-7-21(20)26-27-30/h4-9,14,17-18H,10-13,15-16H2,1-3H3. The normalized spacial score (nSPS) is 16.0. The van der Waals surface area contributed by atoms with Gasteiger partial charge in [0.05, 0.1) is 23.7 Å². The van der Waals surface area contributed by atoms with E-state index in [-0.39, 0.29) is 23.4 Å². The summed E-state index contributed by atoms with van der Waals surface area (Å²) in [6.07, 6.45) is 0.0305. The Morgan fingerprint density at radius 1 is 1.03 bits per heavy atom. The Morgan fingerprint density at radius 3 is 2.53 bits per heavy atom. The third-order valence-corrected chi connectivity index (χ3v) is 5.68. The summed E-state index contributed by atoms with van der Waals surface area (Å²) in [6.45, 7) is 10.7. The first-order valence-electron chi connectivity index (χ1n) is 11.2. The molecule has 1 saturated heterocycles. The molecule has 4 rings (SSSR count). The molecule has 8 heteroatoms. The van der Waals surface area contributed by atoms with E-state index < -0.39 is 0 Å². The zero-order valence-corrected chi connectivity index (χ0v) is 18.9. The Bertz CT molecular complexity index is 1120. The number of fused-ring (bicyclic) bond motifs is 1. The van der Waals surface area contributed by atoms with Gasteiger partial charge in [-0.1, -0.05) is 24.3 Å². The van der Waals surface area contributed by atoms with E-state index in [9.17, 15) is 9.18 Å². The van der Waals surface area contributed by atoms with Gasteiger partial charge in [0, 0.05) is 38.8 Å². The number of aromatic nitrogens is 3. The average Bonchev–Trinajstić information content (AvgIpc) is 2.77. The maximum atomic E-state index is 13.9. The van der Waals surface area contributed by atoms with Gasteiger partial charge in [-0.3, -0.25) is 9.69 Å². The van der Waals surface area contributed by atoms with Gasteiger partial charge in [0.15, 0.2) is 0 Å². The average molecular weight is 440 g/mol. The van der Waals surface area contributed by atoms with E-state index in [1.807, 2.05) is 26.0 Å². The van der Waals surface area contributed by atoms with E-state index >= 15 is 0 Å². The molecule has 0 N–H and O–H groups in total. The van der Waals surface area contributed by atoms with E-state index in [4.69, 9.17) is 4.74 Å². The lowest BCUT2D eigenvalue weighted by molar-refractivity contribution is 0.208. The highest BCUT2D eigenvalue weighted by atomic mass is 19.1. The smallest absolute Gasteiger partial charge is 0.277 e. The largest absolute Gasteiger partial charge is 0.489 e. The molecule has 0 bridgehead atoms. The van der Waals surface area contributed by atoms with E-state index in [2.05, 4.69) is 27.0 Å². The van der Waals surface area contributed by atoms with E-state index in [0.717, 1.165) is 44.2 Å². The second-order valence-corrected chi connectivity index (χ2v) is 8.77. The lowest BCUT2D eigenvalue weighted by Crippen LogP contribution is -2.48. The minimum Gasteiger partial charge on any atom is -0.489 e. The second kappa shape index (κ2) is 9.65. The first kappa shape index (κ1) is 22.2. The molecule has 1 unspecified atom stereocenters. The molecule has 0 amide bonds. The molecule has 0 radical (unpaired) electrons. The molecular weight excluding hydrogens is 409 g/mol. The van der Waals surface area contributed by atoms with Crippen molar-refractivity contribution in [3.05, 3.63) is 58.6 Å². The SMILES string of the molecule is CC(CN1CCN(c2cc(F)ccc2OC(C)C)CC1)Cn1nnc2ccccc2c1=O. The fourth-order valence-corrected chi connectivity index (χ4v) is 4.20. The zero-order chi connectivity index (χ0) is 22.7. The van der Waals surface area contributed by atoms with Gasteiger partial charge in [0.1, 0.15) is 17.1 Å². The van der Waals surface area contributed by atoms with Crippen LogP contribution in [-0.2, 0) is 6.54 Å². The number of hydrogen-bond donors (Lipinski definition) is 0. The first-order valence-corrected chi connectivity index (χ1v) is 11.2. The number of rotatable bonds is 7. The monoisotopic (exact) mass is 439 g/mol. The molecular formula is C24H30FN5O2. The van der Waals surface area contributed by atoms with Crippen LogP contribution in [0.2, 0.25) is 0 Å². The van der Waals surface area contributed by atoms with Gasteiger partial charge >= 0.3 is 0 Å². The third-order valence-electron chi connectivity index (χ3n) is 5.68. The van der Waals surface area contributed by atoms with Crippen LogP contribution in [0, 0.1) is 11.7 Å². The van der Waals surface area contributed by atoms with Gasteiger partial charge < -0.3 is 9.64 Å². The van der Waals surface area contributed by atoms with Crippen molar-refractivity contribution in [1.29, 1.82) is 0 Å². The fourth-order valence-electron chi connectivity index (χ4n) is 4.20. The first-order chi connectivity index (χ1) is 15.4. The van der Waals surface area contributed by atoms with Gasteiger partial charge in [-0.05, 0) is 44.0 Å². The van der Waals surface area contributed by atoms with Crippen molar-refractivity contribution in [2.24, 2.45) is 5.92 Å². The highest BCUT2D eigenvalue weighted by Gasteiger charge is 2.22. The van der Waals surface area contributed by atoms with Crippen molar-refractivity contribution < 1.29 is 9.13 Å². The molecule has 0 spiro atoms. The van der Waals surface area contributed by atoms with Crippen LogP contribution >= 0.6 is 0 Å². The van der Waals surface area contributed by atoms with Gasteiger partial charge in [0.2, 0.25) is 0 Å². The van der Waals surface area contributed by atoms with Gasteiger partial charge in [-0.25, -0.2) is 9.07 Å². The number of anilines is 1. The lowest BCUT2D eigenvalue weighted by Gasteiger charge is -2.37. The molecule has 7 nitrogen and oxygen atoms in total. The Hall–Kier alpha value is -3.00. The minimum absolute atomic E-state index is 0.0305. The van der Waals surface area contributed by atoms with Crippen molar-refractivity contribution in [2.45, 2.75) is 33.4 Å². The highest BCUT2D eigenvalue weighted by molar-refractivity contribution is 5.76. The van der Waals surface area contributed by atoms with Gasteiger partial charge in [0.25, 0.3) is 5.56 Å². The van der Waals surface area contributed by atoms with Crippen LogP contribution in [0.1, 0.15) is 20.8 Å². The maximum Gasteiger partial charge on any atom is 0.277 e. The Labute approximate surface area is 187 Å². The number of nitrogens with zero attached hydrogens (tertiary/aromatic N) is 5. The molecule has 170 valence electrons. The summed E-state index contributed by atoms with van der Waals surface area (Å²) in [5, 5.41) is 8.88. The predicted molar refractivity (Wildman–Crippen MR) is 124 cm³/mol. The minimum atomic E-state index is -0.255. The van der Waals surface area contributed by atoms with Crippen LogP contribution in [-0.4, -0.2) is 58.7 Å². The molecule has 3 aromatic rings. The number of benzene rings is 2. The highest BCUT2D eigenvalue weighted by Crippen LogP contribution is 2.31. The van der Waals surface area contributed by atoms with Gasteiger partial charge in [-0.2, -0.15) is 0 Å². The maximum absolute atomic E-state index is 13.9. The number of hydrogen-bond acceptors (Lipinski definition) is 6. The number of ether oxygens (including phenoxy) is 1. The van der Waals surface area contributed by atoms with Crippen molar-refractivity contribution in [2.75, 3.05) is 37.6 Å². The van der Waals surface area contributed by atoms with Crippen molar-refractivity contribution in [3.8, 4) is 5.75 Å². The second-order valence-electron chi connectivity index (χ2n) is 8.77. The summed E-state index contributed by atoms with van der Waals surface area (Å²) < 4.78 is 21.2. The van der Waals surface area contributed by atoms with Crippen LogP contribution in [0.25, 0.3) is 10.9 Å². The summed E-state index contributed by atoms with van der Waals surface area (Å²) in [4.78, 5) is 17.2. The number of halogens is 1. The summed E-state index contributed by atoms with van der Waals surface area (Å²) >= 11 is 0. The Morgan fingerprint density at radius 2 is 1.78 bits per heavy atom. The summed E-state index contributed by atoms with van der Waals surface area (Å²) in [6, 6.07) is 12.0. The van der Waals surface area contributed by atoms with Gasteiger partial charge in [-0.15, -0.1) is 5.10 Å². The quantitative estimate of drug-likeness (QED) is 0.564. The molecule has 1 aromatic heterocycles. The van der Waals surface area contributed by atoms with Crippen LogP contribution in [0.4, 0.5) is 10.1 Å². The number of piperazine rings is 1. The molecule has 0 saturated carbocycles. The van der Waals surface area contributed by atoms with E-state index in [1.54, 1.807) is 24.3 Å². The van der Waals surface area contributed by atoms with Crippen molar-refractivity contribution in [1.82, 2.24) is 19.9 Å². The molecule has 1 fully saturated rings. The van der Waals surface area contributed by atoms with Crippen LogP contribution in [0.3, 0.4) is 0 Å². The fraction of sp³-hybridized carbons (Fsp3) is 0.458. The predicted octanol–water partition coefficient (Wildman–Crippen LogP) is 3.18. The Kier molecular flexibility index (Phi) is 6.69. The molecule has 0 aliphatic carbocycles. The molecule has 1 atom stereocenters. The summed E-state index contributed by atoms with van der Waals surface area (Å²) in [5.74, 6) is 0.704. The summed E-state index contributed by atoms with van der Waals surface area (Å²) in [5.41, 5.74) is 1.33. The molecule has 1 aliphatic heterocycles. The summed E-state index contributed by atoms with van der Waals surface area (Å²) in [7, 11) is 0.